The lowest BCUT2D eigenvalue weighted by Gasteiger charge is -2.06. The summed E-state index contributed by atoms with van der Waals surface area (Å²) in [4.78, 5) is 21.3. The van der Waals surface area contributed by atoms with Crippen molar-refractivity contribution >= 4 is 28.0 Å². The number of fused-ring (bicyclic) bond motifs is 1. The topological polar surface area (TPSA) is 77.9 Å². The highest BCUT2D eigenvalue weighted by Crippen LogP contribution is 2.22. The zero-order valence-corrected chi connectivity index (χ0v) is 15.1. The van der Waals surface area contributed by atoms with E-state index >= 15 is 0 Å². The van der Waals surface area contributed by atoms with Crippen LogP contribution in [0.1, 0.15) is 16.1 Å². The molecule has 0 saturated heterocycles. The Bertz CT molecular complexity index is 1120. The van der Waals surface area contributed by atoms with E-state index in [0.29, 0.717) is 27.5 Å². The number of benzene rings is 1. The van der Waals surface area contributed by atoms with E-state index < -0.39 is 6.61 Å². The molecule has 0 aliphatic heterocycles. The maximum absolute atomic E-state index is 12.5. The standard InChI is InChI=1S/C19H12F2N4O2S/c20-19(21)27-14-4-1-11(2-5-14)17(26)8-13-7-16-12(9-22-13)3-6-15(24-16)18-25-23-10-28-18/h1-7,9-10,19H,8H2. The normalized spacial score (nSPS) is 11.1. The van der Waals surface area contributed by atoms with Crippen LogP contribution in [0, 0.1) is 0 Å². The Balaban J connectivity index is 1.54. The Morgan fingerprint density at radius 1 is 1.14 bits per heavy atom. The van der Waals surface area contributed by atoms with Gasteiger partial charge in [-0.1, -0.05) is 11.3 Å². The quantitative estimate of drug-likeness (QED) is 0.454. The molecule has 0 radical (unpaired) electrons. The number of halogens is 2. The van der Waals surface area contributed by atoms with E-state index in [-0.39, 0.29) is 18.0 Å². The van der Waals surface area contributed by atoms with E-state index in [4.69, 9.17) is 0 Å². The summed E-state index contributed by atoms with van der Waals surface area (Å²) in [6.45, 7) is -2.90. The molecule has 1 aromatic carbocycles. The van der Waals surface area contributed by atoms with E-state index in [2.05, 4.69) is 24.9 Å². The number of carbonyl (C=O) groups is 1. The van der Waals surface area contributed by atoms with Gasteiger partial charge in [0, 0.05) is 17.1 Å². The number of nitrogens with zero attached hydrogens (tertiary/aromatic N) is 4. The number of hydrogen-bond acceptors (Lipinski definition) is 7. The smallest absolute Gasteiger partial charge is 0.387 e. The van der Waals surface area contributed by atoms with Crippen LogP contribution in [0.3, 0.4) is 0 Å². The van der Waals surface area contributed by atoms with Gasteiger partial charge in [-0.25, -0.2) is 4.98 Å². The van der Waals surface area contributed by atoms with Crippen LogP contribution in [-0.4, -0.2) is 32.6 Å². The first-order valence-electron chi connectivity index (χ1n) is 8.19. The summed E-state index contributed by atoms with van der Waals surface area (Å²) in [7, 11) is 0. The lowest BCUT2D eigenvalue weighted by atomic mass is 10.1. The number of carbonyl (C=O) groups excluding carboxylic acids is 1. The lowest BCUT2D eigenvalue weighted by Crippen LogP contribution is -2.06. The zero-order valence-electron chi connectivity index (χ0n) is 14.3. The fraction of sp³-hybridized carbons (Fsp3) is 0.105. The minimum atomic E-state index is -2.90. The predicted molar refractivity (Wildman–Crippen MR) is 99.5 cm³/mol. The highest BCUT2D eigenvalue weighted by atomic mass is 32.1. The third-order valence-electron chi connectivity index (χ3n) is 3.95. The van der Waals surface area contributed by atoms with Gasteiger partial charge in [0.1, 0.15) is 17.0 Å². The first-order chi connectivity index (χ1) is 13.6. The molecule has 0 fully saturated rings. The summed E-state index contributed by atoms with van der Waals surface area (Å²) in [5.74, 6) is -0.181. The zero-order chi connectivity index (χ0) is 19.5. The summed E-state index contributed by atoms with van der Waals surface area (Å²) < 4.78 is 28.7. The van der Waals surface area contributed by atoms with Crippen molar-refractivity contribution in [1.82, 2.24) is 20.2 Å². The highest BCUT2D eigenvalue weighted by Gasteiger charge is 2.11. The van der Waals surface area contributed by atoms with Crippen LogP contribution >= 0.6 is 11.3 Å². The van der Waals surface area contributed by atoms with Gasteiger partial charge in [0.2, 0.25) is 0 Å². The molecule has 0 amide bonds. The van der Waals surface area contributed by atoms with E-state index in [0.717, 1.165) is 5.39 Å². The van der Waals surface area contributed by atoms with Crippen LogP contribution in [0.15, 0.2) is 54.2 Å². The molecule has 3 heterocycles. The molecule has 140 valence electrons. The van der Waals surface area contributed by atoms with Gasteiger partial charge in [0.05, 0.1) is 17.6 Å². The minimum absolute atomic E-state index is 0.00351. The van der Waals surface area contributed by atoms with Crippen LogP contribution in [-0.2, 0) is 6.42 Å². The molecule has 4 aromatic rings. The van der Waals surface area contributed by atoms with Crippen molar-refractivity contribution in [3.05, 3.63) is 65.4 Å². The van der Waals surface area contributed by atoms with Gasteiger partial charge in [0.25, 0.3) is 0 Å². The third kappa shape index (κ3) is 3.99. The van der Waals surface area contributed by atoms with E-state index in [1.165, 1.54) is 35.6 Å². The molecule has 6 nitrogen and oxygen atoms in total. The van der Waals surface area contributed by atoms with Crippen LogP contribution in [0.2, 0.25) is 0 Å². The maximum Gasteiger partial charge on any atom is 0.387 e. The summed E-state index contributed by atoms with van der Waals surface area (Å²) in [6.07, 6.45) is 1.73. The number of rotatable bonds is 6. The Morgan fingerprint density at radius 3 is 2.68 bits per heavy atom. The molecule has 0 unspecified atom stereocenters. The van der Waals surface area contributed by atoms with Crippen molar-refractivity contribution in [3.8, 4) is 16.5 Å². The number of ketones is 1. The molecule has 0 atom stereocenters. The van der Waals surface area contributed by atoms with E-state index in [9.17, 15) is 13.6 Å². The number of alkyl halides is 2. The number of aromatic nitrogens is 4. The molecule has 0 aliphatic rings. The first kappa shape index (κ1) is 18.1. The van der Waals surface area contributed by atoms with Crippen LogP contribution in [0.5, 0.6) is 5.75 Å². The minimum Gasteiger partial charge on any atom is -0.435 e. The SMILES string of the molecule is O=C(Cc1cc2nc(-c3nncs3)ccc2cn1)c1ccc(OC(F)F)cc1. The van der Waals surface area contributed by atoms with Crippen molar-refractivity contribution in [2.75, 3.05) is 0 Å². The number of hydrogen-bond donors (Lipinski definition) is 0. The summed E-state index contributed by atoms with van der Waals surface area (Å²) in [5, 5.41) is 9.38. The van der Waals surface area contributed by atoms with Crippen molar-refractivity contribution < 1.29 is 18.3 Å². The molecule has 0 spiro atoms. The Morgan fingerprint density at radius 2 is 1.96 bits per heavy atom. The molecule has 4 rings (SSSR count). The van der Waals surface area contributed by atoms with Gasteiger partial charge < -0.3 is 4.74 Å². The van der Waals surface area contributed by atoms with Crippen molar-refractivity contribution in [2.45, 2.75) is 13.0 Å². The second-order valence-electron chi connectivity index (χ2n) is 5.81. The van der Waals surface area contributed by atoms with E-state index in [1.807, 2.05) is 12.1 Å². The fourth-order valence-corrected chi connectivity index (χ4v) is 3.17. The number of ether oxygens (including phenoxy) is 1. The van der Waals surface area contributed by atoms with Gasteiger partial charge in [-0.2, -0.15) is 8.78 Å². The average molecular weight is 398 g/mol. The lowest BCUT2D eigenvalue weighted by molar-refractivity contribution is -0.0498. The van der Waals surface area contributed by atoms with Crippen molar-refractivity contribution in [1.29, 1.82) is 0 Å². The largest absolute Gasteiger partial charge is 0.435 e. The molecule has 0 saturated carbocycles. The highest BCUT2D eigenvalue weighted by molar-refractivity contribution is 7.12. The van der Waals surface area contributed by atoms with Gasteiger partial charge in [-0.15, -0.1) is 10.2 Å². The average Bonchev–Trinajstić information content (AvgIpc) is 3.22. The Kier molecular flexibility index (Phi) is 4.98. The molecule has 0 aliphatic carbocycles. The van der Waals surface area contributed by atoms with Gasteiger partial charge in [-0.3, -0.25) is 9.78 Å². The third-order valence-corrected chi connectivity index (χ3v) is 4.67. The molecular formula is C19H12F2N4O2S. The Hall–Kier alpha value is -3.33. The second kappa shape index (κ2) is 7.73. The number of pyridine rings is 2. The van der Waals surface area contributed by atoms with Crippen LogP contribution in [0.25, 0.3) is 21.6 Å². The summed E-state index contributed by atoms with van der Waals surface area (Å²) in [6, 6.07) is 11.1. The van der Waals surface area contributed by atoms with Gasteiger partial charge >= 0.3 is 6.61 Å². The molecule has 0 bridgehead atoms. The molecule has 3 aromatic heterocycles. The first-order valence-corrected chi connectivity index (χ1v) is 9.07. The summed E-state index contributed by atoms with van der Waals surface area (Å²) >= 11 is 1.39. The van der Waals surface area contributed by atoms with Crippen LogP contribution < -0.4 is 4.74 Å². The van der Waals surface area contributed by atoms with Crippen molar-refractivity contribution in [3.63, 3.8) is 0 Å². The second-order valence-corrected chi connectivity index (χ2v) is 6.64. The fourth-order valence-electron chi connectivity index (χ4n) is 2.65. The molecule has 0 N–H and O–H groups in total. The Labute approximate surface area is 161 Å². The molecular weight excluding hydrogens is 386 g/mol. The maximum atomic E-state index is 12.5. The van der Waals surface area contributed by atoms with Crippen LogP contribution in [0.4, 0.5) is 8.78 Å². The molecule has 9 heteroatoms. The monoisotopic (exact) mass is 398 g/mol. The van der Waals surface area contributed by atoms with Gasteiger partial charge in [0.15, 0.2) is 10.8 Å². The summed E-state index contributed by atoms with van der Waals surface area (Å²) in [5.41, 5.74) is 3.99. The predicted octanol–water partition coefficient (Wildman–Crippen LogP) is 4.18. The number of Topliss-reactive ketones (excluding diaryl/α,β-unsaturated/α-hetero) is 1. The van der Waals surface area contributed by atoms with Gasteiger partial charge in [-0.05, 0) is 42.5 Å². The molecule has 28 heavy (non-hydrogen) atoms. The van der Waals surface area contributed by atoms with E-state index in [1.54, 1.807) is 17.8 Å². The van der Waals surface area contributed by atoms with Crippen molar-refractivity contribution in [2.24, 2.45) is 0 Å².